The van der Waals surface area contributed by atoms with E-state index in [9.17, 15) is 9.59 Å². The molecule has 0 bridgehead atoms. The second-order valence-electron chi connectivity index (χ2n) is 6.60. The molecule has 10 nitrogen and oxygen atoms in total. The number of hydrogen-bond acceptors (Lipinski definition) is 9. The third kappa shape index (κ3) is 3.50. The molecule has 0 saturated heterocycles. The number of rotatable bonds is 5. The standard InChI is InChI=1S/C20H15N7O3S2/c1-30-19(29)11-4-6-26(9-11)20-24-16(23-18(28)14-2-3-15(21)32-14)13-8-22-27(17(13)25-20)12-5-7-31-10-12/h2-10H,21H2,1H3,(H,23,24,25,28). The van der Waals surface area contributed by atoms with Gasteiger partial charge in [-0.3, -0.25) is 9.36 Å². The molecule has 0 spiro atoms. The van der Waals surface area contributed by atoms with Crippen molar-refractivity contribution < 1.29 is 14.3 Å². The summed E-state index contributed by atoms with van der Waals surface area (Å²) in [6.07, 6.45) is 4.80. The van der Waals surface area contributed by atoms with E-state index in [0.717, 1.165) is 5.69 Å². The molecule has 160 valence electrons. The fraction of sp³-hybridized carbons (Fsp3) is 0.0500. The van der Waals surface area contributed by atoms with Crippen LogP contribution in [0.2, 0.25) is 0 Å². The average molecular weight is 466 g/mol. The Hall–Kier alpha value is -4.03. The number of fused-ring (bicyclic) bond motifs is 1. The first-order chi connectivity index (χ1) is 15.5. The minimum absolute atomic E-state index is 0.255. The number of nitrogens with one attached hydrogen (secondary N) is 1. The molecule has 32 heavy (non-hydrogen) atoms. The van der Waals surface area contributed by atoms with E-state index in [1.165, 1.54) is 29.8 Å². The highest BCUT2D eigenvalue weighted by atomic mass is 32.1. The topological polar surface area (TPSA) is 130 Å². The zero-order valence-corrected chi connectivity index (χ0v) is 18.2. The molecule has 5 heterocycles. The summed E-state index contributed by atoms with van der Waals surface area (Å²) in [7, 11) is 1.31. The van der Waals surface area contributed by atoms with E-state index in [2.05, 4.69) is 20.4 Å². The minimum atomic E-state index is -0.475. The van der Waals surface area contributed by atoms with Crippen molar-refractivity contribution in [2.45, 2.75) is 0 Å². The van der Waals surface area contributed by atoms with Crippen LogP contribution in [0.15, 0.2) is 53.6 Å². The number of thiophene rings is 2. The number of anilines is 2. The number of esters is 1. The van der Waals surface area contributed by atoms with Crippen LogP contribution < -0.4 is 11.1 Å². The lowest BCUT2D eigenvalue weighted by Crippen LogP contribution is -2.14. The normalized spacial score (nSPS) is 11.0. The van der Waals surface area contributed by atoms with Crippen molar-refractivity contribution in [3.05, 3.63) is 64.1 Å². The fourth-order valence-corrected chi connectivity index (χ4v) is 4.36. The van der Waals surface area contributed by atoms with E-state index >= 15 is 0 Å². The van der Waals surface area contributed by atoms with Gasteiger partial charge in [-0.15, -0.1) is 11.3 Å². The third-order valence-electron chi connectivity index (χ3n) is 4.59. The van der Waals surface area contributed by atoms with Gasteiger partial charge in [-0.2, -0.15) is 26.4 Å². The van der Waals surface area contributed by atoms with Crippen molar-refractivity contribution in [2.75, 3.05) is 18.2 Å². The number of nitrogen functional groups attached to an aromatic ring is 1. The molecular weight excluding hydrogens is 450 g/mol. The highest BCUT2D eigenvalue weighted by Gasteiger charge is 2.19. The molecule has 0 fully saturated rings. The molecule has 0 radical (unpaired) electrons. The molecule has 0 aliphatic carbocycles. The lowest BCUT2D eigenvalue weighted by molar-refractivity contribution is 0.0600. The van der Waals surface area contributed by atoms with Crippen LogP contribution in [0, 0.1) is 0 Å². The Morgan fingerprint density at radius 2 is 2.06 bits per heavy atom. The van der Waals surface area contributed by atoms with Crippen LogP contribution >= 0.6 is 22.7 Å². The van der Waals surface area contributed by atoms with Crippen LogP contribution in [-0.4, -0.2) is 43.3 Å². The summed E-state index contributed by atoms with van der Waals surface area (Å²) < 4.78 is 8.01. The quantitative estimate of drug-likeness (QED) is 0.381. The summed E-state index contributed by atoms with van der Waals surface area (Å²) in [5.41, 5.74) is 7.44. The molecule has 0 unspecified atom stereocenters. The number of ether oxygens (including phenoxy) is 1. The molecule has 0 aromatic carbocycles. The van der Waals surface area contributed by atoms with Crippen LogP contribution in [0.25, 0.3) is 22.7 Å². The smallest absolute Gasteiger partial charge is 0.339 e. The number of methoxy groups -OCH3 is 1. The van der Waals surface area contributed by atoms with Gasteiger partial charge in [0.2, 0.25) is 5.95 Å². The number of aromatic nitrogens is 5. The lowest BCUT2D eigenvalue weighted by Gasteiger charge is -2.09. The van der Waals surface area contributed by atoms with E-state index in [4.69, 9.17) is 10.5 Å². The van der Waals surface area contributed by atoms with Gasteiger partial charge in [-0.25, -0.2) is 9.48 Å². The number of hydrogen-bond donors (Lipinski definition) is 2. The first-order valence-corrected chi connectivity index (χ1v) is 11.0. The third-order valence-corrected chi connectivity index (χ3v) is 6.18. The lowest BCUT2D eigenvalue weighted by atomic mass is 10.3. The first kappa shape index (κ1) is 19.9. The van der Waals surface area contributed by atoms with Crippen molar-refractivity contribution >= 4 is 56.4 Å². The Morgan fingerprint density at radius 1 is 1.19 bits per heavy atom. The molecule has 0 atom stereocenters. The van der Waals surface area contributed by atoms with Gasteiger partial charge in [0.1, 0.15) is 5.82 Å². The van der Waals surface area contributed by atoms with Crippen LogP contribution in [-0.2, 0) is 4.74 Å². The highest BCUT2D eigenvalue weighted by Crippen LogP contribution is 2.26. The zero-order chi connectivity index (χ0) is 22.2. The van der Waals surface area contributed by atoms with Crippen molar-refractivity contribution in [2.24, 2.45) is 0 Å². The Bertz CT molecular complexity index is 1450. The van der Waals surface area contributed by atoms with E-state index in [0.29, 0.717) is 26.5 Å². The summed E-state index contributed by atoms with van der Waals surface area (Å²) in [4.78, 5) is 34.3. The number of nitrogens with two attached hydrogens (primary N) is 1. The summed E-state index contributed by atoms with van der Waals surface area (Å²) >= 11 is 2.71. The average Bonchev–Trinajstić information content (AvgIpc) is 3.59. The summed E-state index contributed by atoms with van der Waals surface area (Å²) in [5.74, 6) is -0.275. The second kappa shape index (κ2) is 7.90. The van der Waals surface area contributed by atoms with Crippen molar-refractivity contribution in [3.8, 4) is 11.6 Å². The maximum Gasteiger partial charge on any atom is 0.339 e. The maximum absolute atomic E-state index is 12.8. The zero-order valence-electron chi connectivity index (χ0n) is 16.6. The molecule has 12 heteroatoms. The fourth-order valence-electron chi connectivity index (χ4n) is 3.08. The van der Waals surface area contributed by atoms with Gasteiger partial charge in [0.05, 0.1) is 39.8 Å². The highest BCUT2D eigenvalue weighted by molar-refractivity contribution is 7.17. The predicted octanol–water partition coefficient (Wildman–Crippen LogP) is 3.35. The molecule has 0 aliphatic rings. The van der Waals surface area contributed by atoms with Gasteiger partial charge in [0.25, 0.3) is 5.91 Å². The van der Waals surface area contributed by atoms with Crippen molar-refractivity contribution in [1.29, 1.82) is 0 Å². The number of nitrogens with zero attached hydrogens (tertiary/aromatic N) is 5. The molecule has 0 saturated carbocycles. The Labute approximate surface area is 188 Å². The van der Waals surface area contributed by atoms with Gasteiger partial charge in [-0.05, 0) is 29.6 Å². The van der Waals surface area contributed by atoms with E-state index in [1.54, 1.807) is 46.0 Å². The van der Waals surface area contributed by atoms with E-state index in [1.807, 2.05) is 16.8 Å². The van der Waals surface area contributed by atoms with Gasteiger partial charge < -0.3 is 15.8 Å². The molecule has 5 rings (SSSR count). The SMILES string of the molecule is COC(=O)c1ccn(-c2nc(NC(=O)c3ccc(N)s3)c3cnn(-c4ccsc4)c3n2)c1. The number of amides is 1. The van der Waals surface area contributed by atoms with Crippen LogP contribution in [0.1, 0.15) is 20.0 Å². The molecule has 1 amide bonds. The predicted molar refractivity (Wildman–Crippen MR) is 122 cm³/mol. The van der Waals surface area contributed by atoms with E-state index in [-0.39, 0.29) is 17.7 Å². The molecule has 0 aliphatic heterocycles. The van der Waals surface area contributed by atoms with Crippen LogP contribution in [0.4, 0.5) is 10.8 Å². The van der Waals surface area contributed by atoms with Crippen LogP contribution in [0.5, 0.6) is 0 Å². The molecule has 5 aromatic rings. The van der Waals surface area contributed by atoms with Crippen LogP contribution in [0.3, 0.4) is 0 Å². The minimum Gasteiger partial charge on any atom is -0.465 e. The number of carbonyl (C=O) groups is 2. The monoisotopic (exact) mass is 465 g/mol. The largest absolute Gasteiger partial charge is 0.465 e. The summed E-state index contributed by atoms with van der Waals surface area (Å²) in [6, 6.07) is 6.83. The maximum atomic E-state index is 12.8. The van der Waals surface area contributed by atoms with E-state index < -0.39 is 5.97 Å². The number of carbonyl (C=O) groups excluding carboxylic acids is 2. The molecule has 3 N–H and O–H groups in total. The Morgan fingerprint density at radius 3 is 2.78 bits per heavy atom. The van der Waals surface area contributed by atoms with Gasteiger partial charge in [0.15, 0.2) is 5.65 Å². The summed E-state index contributed by atoms with van der Waals surface area (Å²) in [6.45, 7) is 0. The van der Waals surface area contributed by atoms with Gasteiger partial charge in [-0.1, -0.05) is 0 Å². The van der Waals surface area contributed by atoms with Gasteiger partial charge in [0, 0.05) is 17.8 Å². The van der Waals surface area contributed by atoms with Gasteiger partial charge >= 0.3 is 5.97 Å². The summed E-state index contributed by atoms with van der Waals surface area (Å²) in [5, 5.41) is 12.2. The Kier molecular flexibility index (Phi) is 4.92. The van der Waals surface area contributed by atoms with Crippen molar-refractivity contribution in [3.63, 3.8) is 0 Å². The molecule has 5 aromatic heterocycles. The second-order valence-corrected chi connectivity index (χ2v) is 8.50. The first-order valence-electron chi connectivity index (χ1n) is 9.25. The Balaban J connectivity index is 1.63. The molecular formula is C20H15N7O3S2. The van der Waals surface area contributed by atoms with Crippen molar-refractivity contribution in [1.82, 2.24) is 24.3 Å².